The van der Waals surface area contributed by atoms with E-state index < -0.39 is 10.0 Å². The predicted octanol–water partition coefficient (Wildman–Crippen LogP) is 1.55. The molecule has 0 aromatic carbocycles. The number of H-pyrrole nitrogens is 1. The second kappa shape index (κ2) is 5.23. The maximum absolute atomic E-state index is 12.7. The molecule has 0 unspecified atom stereocenters. The topological polar surface area (TPSA) is 79.0 Å². The summed E-state index contributed by atoms with van der Waals surface area (Å²) in [5.74, 6) is 0. The molecule has 1 N–H and O–H groups in total. The van der Waals surface area contributed by atoms with Crippen molar-refractivity contribution < 1.29 is 8.42 Å². The van der Waals surface area contributed by atoms with Crippen LogP contribution in [0.15, 0.2) is 41.7 Å². The summed E-state index contributed by atoms with van der Waals surface area (Å²) in [6.07, 6.45) is 6.44. The van der Waals surface area contributed by atoms with Gasteiger partial charge in [-0.2, -0.15) is 9.40 Å². The van der Waals surface area contributed by atoms with Crippen molar-refractivity contribution in [2.45, 2.75) is 30.1 Å². The monoisotopic (exact) mass is 306 g/mol. The summed E-state index contributed by atoms with van der Waals surface area (Å²) in [4.78, 5) is 4.16. The smallest absolute Gasteiger partial charge is 0.244 e. The van der Waals surface area contributed by atoms with Gasteiger partial charge in [0.25, 0.3) is 0 Å². The Bertz CT molecular complexity index is 700. The number of hydrogen-bond donors (Lipinski definition) is 1. The fourth-order valence-corrected chi connectivity index (χ4v) is 4.43. The first-order valence-corrected chi connectivity index (χ1v) is 8.36. The molecule has 6 nitrogen and oxygen atoms in total. The lowest BCUT2D eigenvalue weighted by Crippen LogP contribution is -2.47. The Balaban J connectivity index is 1.90. The summed E-state index contributed by atoms with van der Waals surface area (Å²) in [6.45, 7) is 3.07. The highest BCUT2D eigenvalue weighted by Gasteiger charge is 2.38. The number of rotatable bonds is 3. The lowest BCUT2D eigenvalue weighted by Gasteiger charge is -2.38. The standard InChI is InChI=1S/C14H18N4O2S/c1-14(13-5-8-16-17-13)6-3-9-18(11-14)21(19,20)12-4-2-7-15-10-12/h2,4-5,7-8,10H,3,6,9,11H2,1H3,(H,16,17)/t14-/m0/s1. The third-order valence-corrected chi connectivity index (χ3v) is 5.91. The van der Waals surface area contributed by atoms with Crippen molar-refractivity contribution >= 4 is 10.0 Å². The van der Waals surface area contributed by atoms with E-state index in [1.54, 1.807) is 28.8 Å². The van der Waals surface area contributed by atoms with Crippen molar-refractivity contribution in [2.75, 3.05) is 13.1 Å². The zero-order chi connectivity index (χ0) is 14.9. The van der Waals surface area contributed by atoms with Gasteiger partial charge in [0, 0.05) is 42.8 Å². The van der Waals surface area contributed by atoms with E-state index in [2.05, 4.69) is 22.1 Å². The van der Waals surface area contributed by atoms with E-state index in [4.69, 9.17) is 0 Å². The third-order valence-electron chi connectivity index (χ3n) is 4.08. The Morgan fingerprint density at radius 2 is 2.19 bits per heavy atom. The first kappa shape index (κ1) is 14.2. The summed E-state index contributed by atoms with van der Waals surface area (Å²) in [5, 5.41) is 6.96. The average Bonchev–Trinajstić information content (AvgIpc) is 3.03. The highest BCUT2D eigenvalue weighted by molar-refractivity contribution is 7.89. The highest BCUT2D eigenvalue weighted by Crippen LogP contribution is 2.34. The van der Waals surface area contributed by atoms with Crippen LogP contribution in [0.25, 0.3) is 0 Å². The molecule has 0 bridgehead atoms. The number of aromatic amines is 1. The van der Waals surface area contributed by atoms with E-state index in [1.807, 2.05) is 6.07 Å². The van der Waals surface area contributed by atoms with Gasteiger partial charge in [-0.15, -0.1) is 0 Å². The van der Waals surface area contributed by atoms with E-state index >= 15 is 0 Å². The van der Waals surface area contributed by atoms with Gasteiger partial charge in [-0.25, -0.2) is 8.42 Å². The van der Waals surface area contributed by atoms with Crippen molar-refractivity contribution in [3.8, 4) is 0 Å². The quantitative estimate of drug-likeness (QED) is 0.933. The summed E-state index contributed by atoms with van der Waals surface area (Å²) >= 11 is 0. The molecule has 1 fully saturated rings. The SMILES string of the molecule is C[C@]1(c2ccn[nH]2)CCCN(S(=O)(=O)c2cccnc2)C1. The minimum absolute atomic E-state index is 0.232. The summed E-state index contributed by atoms with van der Waals surface area (Å²) in [5.41, 5.74) is 0.748. The van der Waals surface area contributed by atoms with Crippen LogP contribution in [0.4, 0.5) is 0 Å². The zero-order valence-corrected chi connectivity index (χ0v) is 12.7. The maximum Gasteiger partial charge on any atom is 0.244 e. The summed E-state index contributed by atoms with van der Waals surface area (Å²) < 4.78 is 27.0. The fourth-order valence-electron chi connectivity index (χ4n) is 2.86. The van der Waals surface area contributed by atoms with Crippen molar-refractivity contribution in [3.05, 3.63) is 42.5 Å². The van der Waals surface area contributed by atoms with Gasteiger partial charge in [-0.3, -0.25) is 10.1 Å². The van der Waals surface area contributed by atoms with Crippen LogP contribution in [0.1, 0.15) is 25.5 Å². The minimum atomic E-state index is -3.49. The Morgan fingerprint density at radius 3 is 2.86 bits per heavy atom. The van der Waals surface area contributed by atoms with Gasteiger partial charge in [-0.05, 0) is 31.0 Å². The third kappa shape index (κ3) is 2.58. The van der Waals surface area contributed by atoms with Crippen LogP contribution in [0.5, 0.6) is 0 Å². The molecule has 21 heavy (non-hydrogen) atoms. The second-order valence-electron chi connectivity index (χ2n) is 5.66. The molecule has 7 heteroatoms. The van der Waals surface area contributed by atoms with Gasteiger partial charge in [0.15, 0.2) is 0 Å². The molecule has 0 radical (unpaired) electrons. The largest absolute Gasteiger partial charge is 0.282 e. The zero-order valence-electron chi connectivity index (χ0n) is 11.9. The number of sulfonamides is 1. The predicted molar refractivity (Wildman–Crippen MR) is 78.2 cm³/mol. The van der Waals surface area contributed by atoms with Gasteiger partial charge >= 0.3 is 0 Å². The van der Waals surface area contributed by atoms with E-state index in [-0.39, 0.29) is 10.3 Å². The van der Waals surface area contributed by atoms with Crippen LogP contribution < -0.4 is 0 Å². The second-order valence-corrected chi connectivity index (χ2v) is 7.60. The Kier molecular flexibility index (Phi) is 3.54. The highest BCUT2D eigenvalue weighted by atomic mass is 32.2. The van der Waals surface area contributed by atoms with Gasteiger partial charge in [0.05, 0.1) is 0 Å². The lowest BCUT2D eigenvalue weighted by molar-refractivity contribution is 0.236. The summed E-state index contributed by atoms with van der Waals surface area (Å²) in [6, 6.07) is 5.15. The molecule has 3 rings (SSSR count). The molecular weight excluding hydrogens is 288 g/mol. The Morgan fingerprint density at radius 1 is 1.33 bits per heavy atom. The van der Waals surface area contributed by atoms with Gasteiger partial charge < -0.3 is 0 Å². The molecule has 2 aromatic heterocycles. The van der Waals surface area contributed by atoms with Crippen LogP contribution in [0.2, 0.25) is 0 Å². The Labute approximate surface area is 124 Å². The normalized spacial score (nSPS) is 24.0. The van der Waals surface area contributed by atoms with Crippen molar-refractivity contribution in [1.82, 2.24) is 19.5 Å². The van der Waals surface area contributed by atoms with Gasteiger partial charge in [0.1, 0.15) is 4.90 Å². The van der Waals surface area contributed by atoms with E-state index in [0.29, 0.717) is 13.1 Å². The fraction of sp³-hybridized carbons (Fsp3) is 0.429. The molecule has 0 spiro atoms. The summed E-state index contributed by atoms with van der Waals surface area (Å²) in [7, 11) is -3.49. The number of pyridine rings is 1. The molecular formula is C14H18N4O2S. The van der Waals surface area contributed by atoms with Gasteiger partial charge in [0.2, 0.25) is 10.0 Å². The minimum Gasteiger partial charge on any atom is -0.282 e. The van der Waals surface area contributed by atoms with E-state index in [9.17, 15) is 8.42 Å². The molecule has 112 valence electrons. The Hall–Kier alpha value is -1.73. The first-order valence-electron chi connectivity index (χ1n) is 6.92. The molecule has 1 saturated heterocycles. The van der Waals surface area contributed by atoms with Crippen LogP contribution in [-0.4, -0.2) is 41.0 Å². The molecule has 0 saturated carbocycles. The van der Waals surface area contributed by atoms with Crippen molar-refractivity contribution in [3.63, 3.8) is 0 Å². The number of aromatic nitrogens is 3. The number of nitrogens with zero attached hydrogens (tertiary/aromatic N) is 3. The average molecular weight is 306 g/mol. The lowest BCUT2D eigenvalue weighted by atomic mass is 9.80. The van der Waals surface area contributed by atoms with E-state index in [0.717, 1.165) is 18.5 Å². The maximum atomic E-state index is 12.7. The van der Waals surface area contributed by atoms with E-state index in [1.165, 1.54) is 6.20 Å². The van der Waals surface area contributed by atoms with Crippen LogP contribution in [0, 0.1) is 0 Å². The van der Waals surface area contributed by atoms with Gasteiger partial charge in [-0.1, -0.05) is 6.92 Å². The van der Waals surface area contributed by atoms with Crippen LogP contribution >= 0.6 is 0 Å². The van der Waals surface area contributed by atoms with Crippen LogP contribution in [0.3, 0.4) is 0 Å². The molecule has 3 heterocycles. The number of piperidine rings is 1. The molecule has 2 aromatic rings. The van der Waals surface area contributed by atoms with Crippen molar-refractivity contribution in [2.24, 2.45) is 0 Å². The molecule has 1 aliphatic heterocycles. The first-order chi connectivity index (χ1) is 10.0. The molecule has 0 aliphatic carbocycles. The number of hydrogen-bond acceptors (Lipinski definition) is 4. The van der Waals surface area contributed by atoms with Crippen molar-refractivity contribution in [1.29, 1.82) is 0 Å². The number of nitrogens with one attached hydrogen (secondary N) is 1. The van der Waals surface area contributed by atoms with Crippen LogP contribution in [-0.2, 0) is 15.4 Å². The molecule has 1 aliphatic rings. The molecule has 1 atom stereocenters. The molecule has 0 amide bonds.